The molecule has 0 saturated heterocycles. The van der Waals surface area contributed by atoms with E-state index in [9.17, 15) is 4.79 Å². The molecule has 0 saturated carbocycles. The van der Waals surface area contributed by atoms with Crippen molar-refractivity contribution in [3.8, 4) is 0 Å². The van der Waals surface area contributed by atoms with E-state index in [0.29, 0.717) is 6.42 Å². The summed E-state index contributed by atoms with van der Waals surface area (Å²) in [5.74, 6) is -0.285. The monoisotopic (exact) mass is 249 g/mol. The van der Waals surface area contributed by atoms with Crippen LogP contribution in [0.3, 0.4) is 0 Å². The van der Waals surface area contributed by atoms with Crippen LogP contribution in [0.25, 0.3) is 0 Å². The van der Waals surface area contributed by atoms with Crippen LogP contribution in [-0.4, -0.2) is 18.1 Å². The molecule has 1 aromatic rings. The molecule has 0 fully saturated rings. The minimum absolute atomic E-state index is 0.0368. The molecule has 0 bridgehead atoms. The van der Waals surface area contributed by atoms with Crippen LogP contribution in [0.1, 0.15) is 38.7 Å². The second kappa shape index (κ2) is 7.88. The lowest BCUT2D eigenvalue weighted by molar-refractivity contribution is -0.150. The van der Waals surface area contributed by atoms with Crippen LogP contribution in [0.2, 0.25) is 0 Å². The zero-order valence-electron chi connectivity index (χ0n) is 11.3. The van der Waals surface area contributed by atoms with E-state index in [2.05, 4.69) is 6.92 Å². The lowest BCUT2D eigenvalue weighted by Crippen LogP contribution is -2.34. The fraction of sp³-hybridized carbons (Fsp3) is 0.533. The van der Waals surface area contributed by atoms with Crippen molar-refractivity contribution in [2.75, 3.05) is 0 Å². The highest BCUT2D eigenvalue weighted by atomic mass is 16.5. The van der Waals surface area contributed by atoms with Crippen molar-refractivity contribution in [1.82, 2.24) is 0 Å². The zero-order chi connectivity index (χ0) is 13.4. The Kier molecular flexibility index (Phi) is 6.44. The molecule has 3 nitrogen and oxygen atoms in total. The fourth-order valence-electron chi connectivity index (χ4n) is 1.84. The maximum Gasteiger partial charge on any atom is 0.323 e. The summed E-state index contributed by atoms with van der Waals surface area (Å²) in [5.41, 5.74) is 7.03. The Balaban J connectivity index is 2.32. The summed E-state index contributed by atoms with van der Waals surface area (Å²) < 4.78 is 5.28. The van der Waals surface area contributed by atoms with Gasteiger partial charge in [0.1, 0.15) is 6.04 Å². The van der Waals surface area contributed by atoms with Crippen molar-refractivity contribution in [2.24, 2.45) is 5.73 Å². The molecule has 0 spiro atoms. The van der Waals surface area contributed by atoms with Gasteiger partial charge < -0.3 is 10.5 Å². The van der Waals surface area contributed by atoms with Crippen LogP contribution in [0.4, 0.5) is 0 Å². The highest BCUT2D eigenvalue weighted by molar-refractivity contribution is 5.75. The molecule has 0 aliphatic carbocycles. The first kappa shape index (κ1) is 14.7. The summed E-state index contributed by atoms with van der Waals surface area (Å²) in [6.45, 7) is 3.98. The van der Waals surface area contributed by atoms with E-state index in [0.717, 1.165) is 19.3 Å². The van der Waals surface area contributed by atoms with Gasteiger partial charge in [0.15, 0.2) is 0 Å². The van der Waals surface area contributed by atoms with Crippen LogP contribution in [0, 0.1) is 0 Å². The molecular weight excluding hydrogens is 226 g/mol. The van der Waals surface area contributed by atoms with Gasteiger partial charge in [-0.2, -0.15) is 0 Å². The van der Waals surface area contributed by atoms with Crippen LogP contribution in [0.15, 0.2) is 30.3 Å². The first-order valence-corrected chi connectivity index (χ1v) is 6.63. The molecule has 0 aliphatic heterocycles. The van der Waals surface area contributed by atoms with Crippen molar-refractivity contribution in [3.63, 3.8) is 0 Å². The molecule has 1 rings (SSSR count). The number of carbonyl (C=O) groups is 1. The lowest BCUT2D eigenvalue weighted by atomic mass is 10.1. The average molecular weight is 249 g/mol. The standard InChI is InChI=1S/C15H23NO2/c1-3-7-12(2)18-15(17)14(16)11-10-13-8-5-4-6-9-13/h4-6,8-9,12,14H,3,7,10-11,16H2,1-2H3/t12?,14-/m0/s1. The Bertz CT molecular complexity index is 351. The minimum Gasteiger partial charge on any atom is -0.462 e. The van der Waals surface area contributed by atoms with E-state index in [1.165, 1.54) is 5.56 Å². The Hall–Kier alpha value is -1.35. The predicted octanol–water partition coefficient (Wildman–Crippen LogP) is 2.68. The van der Waals surface area contributed by atoms with Crippen molar-refractivity contribution in [1.29, 1.82) is 0 Å². The van der Waals surface area contributed by atoms with Crippen LogP contribution in [0.5, 0.6) is 0 Å². The summed E-state index contributed by atoms with van der Waals surface area (Å²) in [5, 5.41) is 0. The number of rotatable bonds is 7. The molecular formula is C15H23NO2. The number of hydrogen-bond acceptors (Lipinski definition) is 3. The van der Waals surface area contributed by atoms with Gasteiger partial charge in [-0.3, -0.25) is 4.79 Å². The van der Waals surface area contributed by atoms with Gasteiger partial charge in [0.05, 0.1) is 6.10 Å². The van der Waals surface area contributed by atoms with E-state index in [1.54, 1.807) is 0 Å². The quantitative estimate of drug-likeness (QED) is 0.756. The van der Waals surface area contributed by atoms with E-state index >= 15 is 0 Å². The maximum atomic E-state index is 11.7. The number of nitrogens with two attached hydrogens (primary N) is 1. The Morgan fingerprint density at radius 1 is 1.28 bits per heavy atom. The predicted molar refractivity (Wildman–Crippen MR) is 73.2 cm³/mol. The highest BCUT2D eigenvalue weighted by Gasteiger charge is 2.17. The van der Waals surface area contributed by atoms with E-state index in [-0.39, 0.29) is 12.1 Å². The van der Waals surface area contributed by atoms with Gasteiger partial charge in [-0.25, -0.2) is 0 Å². The minimum atomic E-state index is -0.524. The van der Waals surface area contributed by atoms with Gasteiger partial charge in [0, 0.05) is 0 Å². The van der Waals surface area contributed by atoms with E-state index in [1.807, 2.05) is 37.3 Å². The smallest absolute Gasteiger partial charge is 0.323 e. The molecule has 0 radical (unpaired) electrons. The zero-order valence-corrected chi connectivity index (χ0v) is 11.3. The number of hydrogen-bond donors (Lipinski definition) is 1. The number of aryl methyl sites for hydroxylation is 1. The van der Waals surface area contributed by atoms with Crippen LogP contribution >= 0.6 is 0 Å². The Morgan fingerprint density at radius 2 is 1.94 bits per heavy atom. The molecule has 0 aromatic heterocycles. The fourth-order valence-corrected chi connectivity index (χ4v) is 1.84. The number of ether oxygens (including phenoxy) is 1. The lowest BCUT2D eigenvalue weighted by Gasteiger charge is -2.16. The number of benzene rings is 1. The second-order valence-corrected chi connectivity index (χ2v) is 4.67. The molecule has 0 amide bonds. The Labute approximate surface area is 109 Å². The molecule has 1 aromatic carbocycles. The second-order valence-electron chi connectivity index (χ2n) is 4.67. The van der Waals surface area contributed by atoms with Crippen molar-refractivity contribution in [3.05, 3.63) is 35.9 Å². The largest absolute Gasteiger partial charge is 0.462 e. The summed E-state index contributed by atoms with van der Waals surface area (Å²) >= 11 is 0. The normalized spacial score (nSPS) is 13.9. The van der Waals surface area contributed by atoms with Gasteiger partial charge in [0.25, 0.3) is 0 Å². The van der Waals surface area contributed by atoms with Gasteiger partial charge in [0.2, 0.25) is 0 Å². The summed E-state index contributed by atoms with van der Waals surface area (Å²) in [6, 6.07) is 9.51. The molecule has 2 N–H and O–H groups in total. The molecule has 0 heterocycles. The van der Waals surface area contributed by atoms with E-state index in [4.69, 9.17) is 10.5 Å². The van der Waals surface area contributed by atoms with Crippen molar-refractivity contribution < 1.29 is 9.53 Å². The molecule has 18 heavy (non-hydrogen) atoms. The number of esters is 1. The van der Waals surface area contributed by atoms with Gasteiger partial charge in [-0.05, 0) is 31.7 Å². The third-order valence-corrected chi connectivity index (χ3v) is 2.90. The summed E-state index contributed by atoms with van der Waals surface area (Å²) in [6.07, 6.45) is 3.29. The molecule has 3 heteroatoms. The molecule has 2 atom stereocenters. The maximum absolute atomic E-state index is 11.7. The SMILES string of the molecule is CCCC(C)OC(=O)[C@@H](N)CCc1ccccc1. The number of carbonyl (C=O) groups excluding carboxylic acids is 1. The summed E-state index contributed by atoms with van der Waals surface area (Å²) in [4.78, 5) is 11.7. The topological polar surface area (TPSA) is 52.3 Å². The molecule has 0 aliphatic rings. The first-order valence-electron chi connectivity index (χ1n) is 6.63. The van der Waals surface area contributed by atoms with Crippen molar-refractivity contribution >= 4 is 5.97 Å². The average Bonchev–Trinajstić information content (AvgIpc) is 2.37. The Morgan fingerprint density at radius 3 is 2.56 bits per heavy atom. The van der Waals surface area contributed by atoms with Crippen LogP contribution in [-0.2, 0) is 16.0 Å². The van der Waals surface area contributed by atoms with Crippen LogP contribution < -0.4 is 5.73 Å². The van der Waals surface area contributed by atoms with E-state index < -0.39 is 6.04 Å². The summed E-state index contributed by atoms with van der Waals surface area (Å²) in [7, 11) is 0. The highest BCUT2D eigenvalue weighted by Crippen LogP contribution is 2.07. The third-order valence-electron chi connectivity index (χ3n) is 2.90. The molecule has 100 valence electrons. The van der Waals surface area contributed by atoms with Gasteiger partial charge >= 0.3 is 5.97 Å². The third kappa shape index (κ3) is 5.32. The van der Waals surface area contributed by atoms with Gasteiger partial charge in [-0.1, -0.05) is 43.7 Å². The van der Waals surface area contributed by atoms with Crippen molar-refractivity contribution in [2.45, 2.75) is 51.7 Å². The molecule has 1 unspecified atom stereocenters. The first-order chi connectivity index (χ1) is 8.63. The van der Waals surface area contributed by atoms with Gasteiger partial charge in [-0.15, -0.1) is 0 Å².